The van der Waals surface area contributed by atoms with Gasteiger partial charge in [-0.05, 0) is 24.3 Å². The molecule has 3 rings (SSSR count). The molecule has 3 unspecified atom stereocenters. The second-order valence-corrected chi connectivity index (χ2v) is 5.65. The maximum Gasteiger partial charge on any atom is 0.226 e. The summed E-state index contributed by atoms with van der Waals surface area (Å²) in [5.41, 5.74) is 1.30. The number of likely N-dealkylation sites (tertiary alicyclic amines) is 1. The Labute approximate surface area is 107 Å². The van der Waals surface area contributed by atoms with Crippen molar-refractivity contribution in [3.63, 3.8) is 0 Å². The van der Waals surface area contributed by atoms with Gasteiger partial charge in [-0.15, -0.1) is 11.6 Å². The van der Waals surface area contributed by atoms with Crippen LogP contribution in [0.2, 0.25) is 0 Å². The number of alkyl halides is 1. The molecule has 1 aliphatic heterocycles. The zero-order valence-electron chi connectivity index (χ0n) is 9.68. The lowest BCUT2D eigenvalue weighted by Crippen LogP contribution is -2.30. The third-order valence-corrected chi connectivity index (χ3v) is 4.13. The fourth-order valence-electron chi connectivity index (χ4n) is 2.69. The summed E-state index contributed by atoms with van der Waals surface area (Å²) in [5.74, 6) is 0.958. The van der Waals surface area contributed by atoms with Crippen LogP contribution in [0.25, 0.3) is 0 Å². The number of carbonyl (C=O) groups excluding carboxylic acids is 1. The second kappa shape index (κ2) is 4.34. The summed E-state index contributed by atoms with van der Waals surface area (Å²) in [6, 6.07) is 10.3. The van der Waals surface area contributed by atoms with E-state index in [0.717, 1.165) is 25.9 Å². The molecule has 1 aliphatic carbocycles. The minimum absolute atomic E-state index is 0.160. The lowest BCUT2D eigenvalue weighted by Gasteiger charge is -2.15. The first-order valence-electron chi connectivity index (χ1n) is 6.23. The Morgan fingerprint density at radius 2 is 2.06 bits per heavy atom. The Morgan fingerprint density at radius 1 is 1.29 bits per heavy atom. The number of hydrogen-bond donors (Lipinski definition) is 0. The first-order chi connectivity index (χ1) is 8.25. The van der Waals surface area contributed by atoms with Crippen LogP contribution in [-0.2, 0) is 4.79 Å². The van der Waals surface area contributed by atoms with Gasteiger partial charge >= 0.3 is 0 Å². The van der Waals surface area contributed by atoms with Crippen molar-refractivity contribution in [1.29, 1.82) is 0 Å². The molecule has 0 radical (unpaired) electrons. The zero-order chi connectivity index (χ0) is 11.8. The molecule has 2 nitrogen and oxygen atoms in total. The smallest absolute Gasteiger partial charge is 0.226 e. The van der Waals surface area contributed by atoms with Crippen molar-refractivity contribution in [2.45, 2.75) is 24.1 Å². The fourth-order valence-corrected chi connectivity index (χ4v) is 2.95. The zero-order valence-corrected chi connectivity index (χ0v) is 10.4. The summed E-state index contributed by atoms with van der Waals surface area (Å²) in [7, 11) is 0. The highest BCUT2D eigenvalue weighted by molar-refractivity contribution is 6.21. The van der Waals surface area contributed by atoms with Gasteiger partial charge in [-0.25, -0.2) is 0 Å². The normalized spacial score (nSPS) is 31.6. The molecule has 3 heteroatoms. The van der Waals surface area contributed by atoms with Crippen LogP contribution in [0.4, 0.5) is 0 Å². The van der Waals surface area contributed by atoms with Crippen molar-refractivity contribution < 1.29 is 4.79 Å². The van der Waals surface area contributed by atoms with E-state index in [4.69, 9.17) is 11.6 Å². The first-order valence-corrected chi connectivity index (χ1v) is 6.67. The van der Waals surface area contributed by atoms with Crippen molar-refractivity contribution in [2.24, 2.45) is 5.92 Å². The van der Waals surface area contributed by atoms with Gasteiger partial charge in [-0.2, -0.15) is 0 Å². The Morgan fingerprint density at radius 3 is 2.71 bits per heavy atom. The highest BCUT2D eigenvalue weighted by atomic mass is 35.5. The molecule has 0 bridgehead atoms. The monoisotopic (exact) mass is 249 g/mol. The Balaban J connectivity index is 1.63. The highest BCUT2D eigenvalue weighted by Crippen LogP contribution is 2.48. The lowest BCUT2D eigenvalue weighted by molar-refractivity contribution is -0.131. The number of halogens is 1. The molecular formula is C14H16ClNO. The number of rotatable bonds is 2. The Hall–Kier alpha value is -1.02. The van der Waals surface area contributed by atoms with E-state index in [2.05, 4.69) is 12.1 Å². The van der Waals surface area contributed by atoms with Crippen LogP contribution in [-0.4, -0.2) is 29.3 Å². The van der Waals surface area contributed by atoms with Gasteiger partial charge < -0.3 is 4.90 Å². The van der Waals surface area contributed by atoms with Gasteiger partial charge in [0.15, 0.2) is 0 Å². The molecule has 1 saturated carbocycles. The first kappa shape index (κ1) is 11.1. The number of benzene rings is 1. The maximum absolute atomic E-state index is 12.2. The van der Waals surface area contributed by atoms with Crippen LogP contribution in [0.5, 0.6) is 0 Å². The number of nitrogens with zero attached hydrogens (tertiary/aromatic N) is 1. The van der Waals surface area contributed by atoms with Crippen LogP contribution < -0.4 is 0 Å². The standard InChI is InChI=1S/C14H16ClNO/c15-11-6-7-16(9-11)14(17)13-8-12(13)10-4-2-1-3-5-10/h1-5,11-13H,6-9H2. The maximum atomic E-state index is 12.2. The Kier molecular flexibility index (Phi) is 2.83. The fraction of sp³-hybridized carbons (Fsp3) is 0.500. The SMILES string of the molecule is O=C(C1CC1c1ccccc1)N1CCC(Cl)C1. The predicted octanol–water partition coefficient (Wildman–Crippen LogP) is 2.63. The van der Waals surface area contributed by atoms with Crippen LogP contribution in [0.15, 0.2) is 30.3 Å². The van der Waals surface area contributed by atoms with E-state index in [1.807, 2.05) is 23.1 Å². The van der Waals surface area contributed by atoms with Crippen molar-refractivity contribution in [2.75, 3.05) is 13.1 Å². The molecule has 90 valence electrons. The van der Waals surface area contributed by atoms with Crippen LogP contribution in [0.1, 0.15) is 24.3 Å². The number of amides is 1. The number of carbonyl (C=O) groups is 1. The molecule has 2 fully saturated rings. The van der Waals surface area contributed by atoms with Gasteiger partial charge in [0.05, 0.1) is 5.38 Å². The molecule has 1 aromatic rings. The minimum Gasteiger partial charge on any atom is -0.341 e. The summed E-state index contributed by atoms with van der Waals surface area (Å²) in [5, 5.41) is 0.160. The van der Waals surface area contributed by atoms with Crippen molar-refractivity contribution >= 4 is 17.5 Å². The molecule has 0 aromatic heterocycles. The summed E-state index contributed by atoms with van der Waals surface area (Å²) >= 11 is 6.04. The summed E-state index contributed by atoms with van der Waals surface area (Å²) in [6.45, 7) is 1.57. The van der Waals surface area contributed by atoms with Crippen molar-refractivity contribution in [3.05, 3.63) is 35.9 Å². The van der Waals surface area contributed by atoms with Crippen molar-refractivity contribution in [1.82, 2.24) is 4.90 Å². The van der Waals surface area contributed by atoms with Gasteiger partial charge in [0.2, 0.25) is 5.91 Å². The van der Waals surface area contributed by atoms with Gasteiger partial charge in [-0.1, -0.05) is 30.3 Å². The van der Waals surface area contributed by atoms with E-state index < -0.39 is 0 Å². The summed E-state index contributed by atoms with van der Waals surface area (Å²) < 4.78 is 0. The molecule has 0 N–H and O–H groups in total. The molecular weight excluding hydrogens is 234 g/mol. The van der Waals surface area contributed by atoms with Crippen LogP contribution in [0, 0.1) is 5.92 Å². The molecule has 17 heavy (non-hydrogen) atoms. The molecule has 1 heterocycles. The van der Waals surface area contributed by atoms with Crippen molar-refractivity contribution in [3.8, 4) is 0 Å². The largest absolute Gasteiger partial charge is 0.341 e. The lowest BCUT2D eigenvalue weighted by atomic mass is 10.1. The van der Waals surface area contributed by atoms with E-state index in [1.165, 1.54) is 5.56 Å². The van der Waals surface area contributed by atoms with E-state index in [1.54, 1.807) is 0 Å². The highest BCUT2D eigenvalue weighted by Gasteiger charge is 2.46. The van der Waals surface area contributed by atoms with E-state index in [0.29, 0.717) is 11.8 Å². The van der Waals surface area contributed by atoms with Gasteiger partial charge in [0.25, 0.3) is 0 Å². The van der Waals surface area contributed by atoms with Gasteiger partial charge in [0, 0.05) is 19.0 Å². The summed E-state index contributed by atoms with van der Waals surface area (Å²) in [6.07, 6.45) is 1.95. The minimum atomic E-state index is 0.160. The average Bonchev–Trinajstić information content (AvgIpc) is 3.05. The Bertz CT molecular complexity index is 419. The molecule has 3 atom stereocenters. The van der Waals surface area contributed by atoms with Gasteiger partial charge in [-0.3, -0.25) is 4.79 Å². The summed E-state index contributed by atoms with van der Waals surface area (Å²) in [4.78, 5) is 14.1. The van der Waals surface area contributed by atoms with E-state index in [-0.39, 0.29) is 11.3 Å². The second-order valence-electron chi connectivity index (χ2n) is 5.03. The third-order valence-electron chi connectivity index (χ3n) is 3.78. The molecule has 2 aliphatic rings. The molecule has 1 saturated heterocycles. The van der Waals surface area contributed by atoms with E-state index in [9.17, 15) is 4.79 Å². The quantitative estimate of drug-likeness (QED) is 0.738. The third kappa shape index (κ3) is 2.19. The van der Waals surface area contributed by atoms with Crippen LogP contribution in [0.3, 0.4) is 0 Å². The van der Waals surface area contributed by atoms with E-state index >= 15 is 0 Å². The number of hydrogen-bond acceptors (Lipinski definition) is 1. The topological polar surface area (TPSA) is 20.3 Å². The molecule has 0 spiro atoms. The van der Waals surface area contributed by atoms with Crippen LogP contribution >= 0.6 is 11.6 Å². The van der Waals surface area contributed by atoms with Gasteiger partial charge in [0.1, 0.15) is 0 Å². The predicted molar refractivity (Wildman–Crippen MR) is 68.1 cm³/mol. The average molecular weight is 250 g/mol. The molecule has 1 amide bonds. The molecule has 1 aromatic carbocycles.